The Hall–Kier alpha value is -2.27. The van der Waals surface area contributed by atoms with Gasteiger partial charge in [-0.2, -0.15) is 5.10 Å². The summed E-state index contributed by atoms with van der Waals surface area (Å²) < 4.78 is 0. The van der Waals surface area contributed by atoms with Gasteiger partial charge in [0.2, 0.25) is 0 Å². The van der Waals surface area contributed by atoms with E-state index in [2.05, 4.69) is 34.6 Å². The first-order valence-electron chi connectivity index (χ1n) is 6.31. The number of nitrogens with one attached hydrogen (secondary N) is 2. The fraction of sp³-hybridized carbons (Fsp3) is 0.133. The molecule has 0 bridgehead atoms. The lowest BCUT2D eigenvalue weighted by molar-refractivity contribution is 0.475. The molecular weight excluding hydrogens is 270 g/mol. The number of aromatic nitrogens is 2. The van der Waals surface area contributed by atoms with E-state index in [1.165, 1.54) is 9.75 Å². The number of aryl methyl sites for hydroxylation is 2. The largest absolute Gasteiger partial charge is 0.508 e. The quantitative estimate of drug-likeness (QED) is 0.632. The zero-order chi connectivity index (χ0) is 14.1. The third-order valence-corrected chi connectivity index (χ3v) is 4.09. The molecule has 0 aliphatic heterocycles. The average molecular weight is 285 g/mol. The van der Waals surface area contributed by atoms with Crippen LogP contribution in [0.1, 0.15) is 10.4 Å². The molecule has 20 heavy (non-hydrogen) atoms. The van der Waals surface area contributed by atoms with Crippen LogP contribution in [0.15, 0.2) is 36.4 Å². The van der Waals surface area contributed by atoms with Crippen molar-refractivity contribution in [3.63, 3.8) is 0 Å². The van der Waals surface area contributed by atoms with E-state index in [-0.39, 0.29) is 5.75 Å². The molecule has 0 unspecified atom stereocenters. The zero-order valence-corrected chi connectivity index (χ0v) is 12.1. The monoisotopic (exact) mass is 285 g/mol. The molecule has 2 aromatic heterocycles. The van der Waals surface area contributed by atoms with Gasteiger partial charge in [0.05, 0.1) is 10.6 Å². The van der Waals surface area contributed by atoms with Crippen molar-refractivity contribution >= 4 is 22.8 Å². The van der Waals surface area contributed by atoms with Crippen LogP contribution in [-0.4, -0.2) is 15.3 Å². The van der Waals surface area contributed by atoms with Crippen molar-refractivity contribution < 1.29 is 5.11 Å². The van der Waals surface area contributed by atoms with Gasteiger partial charge >= 0.3 is 0 Å². The second kappa shape index (κ2) is 5.02. The predicted octanol–water partition coefficient (Wildman–Crippen LogP) is 4.20. The fourth-order valence-electron chi connectivity index (χ4n) is 2.02. The molecule has 102 valence electrons. The summed E-state index contributed by atoms with van der Waals surface area (Å²) in [6.07, 6.45) is 0. The third kappa shape index (κ3) is 2.53. The van der Waals surface area contributed by atoms with Crippen molar-refractivity contribution in [2.24, 2.45) is 0 Å². The minimum atomic E-state index is 0.268. The second-order valence-electron chi connectivity index (χ2n) is 4.70. The molecule has 0 fully saturated rings. The topological polar surface area (TPSA) is 60.9 Å². The molecule has 0 radical (unpaired) electrons. The Labute approximate surface area is 121 Å². The third-order valence-electron chi connectivity index (χ3n) is 3.06. The van der Waals surface area contributed by atoms with E-state index >= 15 is 0 Å². The average Bonchev–Trinajstić information content (AvgIpc) is 3.02. The van der Waals surface area contributed by atoms with Gasteiger partial charge in [-0.1, -0.05) is 0 Å². The summed E-state index contributed by atoms with van der Waals surface area (Å²) in [6, 6.07) is 11.4. The lowest BCUT2D eigenvalue weighted by atomic mass is 10.2. The molecule has 3 rings (SSSR count). The first-order chi connectivity index (χ1) is 9.61. The Morgan fingerprint density at radius 2 is 2.00 bits per heavy atom. The molecule has 3 aromatic rings. The van der Waals surface area contributed by atoms with Crippen molar-refractivity contribution in [3.05, 3.63) is 46.8 Å². The SMILES string of the molecule is Cc1ccc(-c2cc(Nc3ccc(O)cc3C)n[nH]2)s1. The number of rotatable bonds is 3. The van der Waals surface area contributed by atoms with Crippen LogP contribution in [0.25, 0.3) is 10.6 Å². The van der Waals surface area contributed by atoms with Gasteiger partial charge in [-0.3, -0.25) is 5.10 Å². The molecule has 5 heteroatoms. The first kappa shape index (κ1) is 12.7. The maximum absolute atomic E-state index is 9.41. The normalized spacial score (nSPS) is 10.7. The van der Waals surface area contributed by atoms with Gasteiger partial charge in [-0.25, -0.2) is 0 Å². The molecule has 0 atom stereocenters. The van der Waals surface area contributed by atoms with Gasteiger partial charge in [-0.15, -0.1) is 11.3 Å². The molecule has 0 aliphatic carbocycles. The smallest absolute Gasteiger partial charge is 0.152 e. The number of thiophene rings is 1. The highest BCUT2D eigenvalue weighted by molar-refractivity contribution is 7.15. The second-order valence-corrected chi connectivity index (χ2v) is 5.99. The van der Waals surface area contributed by atoms with Crippen LogP contribution in [0.4, 0.5) is 11.5 Å². The van der Waals surface area contributed by atoms with E-state index < -0.39 is 0 Å². The molecular formula is C15H15N3OS. The molecule has 3 N–H and O–H groups in total. The number of anilines is 2. The van der Waals surface area contributed by atoms with E-state index in [4.69, 9.17) is 0 Å². The number of phenolic OH excluding ortho intramolecular Hbond substituents is 1. The standard InChI is InChI=1S/C15H15N3OS/c1-9-7-11(19)4-5-12(9)16-15-8-13(17-18-15)14-6-3-10(2)20-14/h3-8,19H,1-2H3,(H2,16,17,18). The van der Waals surface area contributed by atoms with E-state index in [9.17, 15) is 5.11 Å². The lowest BCUT2D eigenvalue weighted by Gasteiger charge is -2.06. The van der Waals surface area contributed by atoms with Gasteiger partial charge in [0.25, 0.3) is 0 Å². The van der Waals surface area contributed by atoms with Crippen LogP contribution >= 0.6 is 11.3 Å². The highest BCUT2D eigenvalue weighted by Crippen LogP contribution is 2.29. The van der Waals surface area contributed by atoms with E-state index in [0.717, 1.165) is 22.8 Å². The Balaban J connectivity index is 1.84. The summed E-state index contributed by atoms with van der Waals surface area (Å²) >= 11 is 1.73. The number of benzene rings is 1. The minimum absolute atomic E-state index is 0.268. The van der Waals surface area contributed by atoms with Gasteiger partial charge in [0.15, 0.2) is 5.82 Å². The van der Waals surface area contributed by atoms with Crippen LogP contribution in [-0.2, 0) is 0 Å². The van der Waals surface area contributed by atoms with Crippen molar-refractivity contribution in [1.29, 1.82) is 0 Å². The maximum Gasteiger partial charge on any atom is 0.152 e. The number of aromatic hydroxyl groups is 1. The van der Waals surface area contributed by atoms with Crippen LogP contribution in [0.5, 0.6) is 5.75 Å². The van der Waals surface area contributed by atoms with Crippen LogP contribution in [0.2, 0.25) is 0 Å². The molecule has 0 saturated carbocycles. The molecule has 1 aromatic carbocycles. The molecule has 0 spiro atoms. The Kier molecular flexibility index (Phi) is 3.20. The van der Waals surface area contributed by atoms with Gasteiger partial charge in [0, 0.05) is 16.6 Å². The Morgan fingerprint density at radius 1 is 1.15 bits per heavy atom. The van der Waals surface area contributed by atoms with Gasteiger partial charge in [-0.05, 0) is 49.7 Å². The van der Waals surface area contributed by atoms with Crippen molar-refractivity contribution in [2.75, 3.05) is 5.32 Å². The Morgan fingerprint density at radius 3 is 2.70 bits per heavy atom. The molecule has 2 heterocycles. The summed E-state index contributed by atoms with van der Waals surface area (Å²) in [4.78, 5) is 2.45. The summed E-state index contributed by atoms with van der Waals surface area (Å²) in [5, 5.41) is 20.0. The molecule has 0 amide bonds. The minimum Gasteiger partial charge on any atom is -0.508 e. The van der Waals surface area contributed by atoms with Crippen LogP contribution in [0, 0.1) is 13.8 Å². The highest BCUT2D eigenvalue weighted by atomic mass is 32.1. The summed E-state index contributed by atoms with van der Waals surface area (Å²) in [5.74, 6) is 1.03. The Bertz CT molecular complexity index is 745. The number of phenols is 1. The summed E-state index contributed by atoms with van der Waals surface area (Å²) in [6.45, 7) is 4.03. The summed E-state index contributed by atoms with van der Waals surface area (Å²) in [5.41, 5.74) is 2.91. The summed E-state index contributed by atoms with van der Waals surface area (Å²) in [7, 11) is 0. The zero-order valence-electron chi connectivity index (χ0n) is 11.3. The van der Waals surface area contributed by atoms with E-state index in [1.54, 1.807) is 23.5 Å². The number of hydrogen-bond acceptors (Lipinski definition) is 4. The highest BCUT2D eigenvalue weighted by Gasteiger charge is 2.07. The van der Waals surface area contributed by atoms with Crippen molar-refractivity contribution in [3.8, 4) is 16.3 Å². The number of hydrogen-bond donors (Lipinski definition) is 3. The van der Waals surface area contributed by atoms with Gasteiger partial charge in [0.1, 0.15) is 5.75 Å². The van der Waals surface area contributed by atoms with Gasteiger partial charge < -0.3 is 10.4 Å². The van der Waals surface area contributed by atoms with Crippen molar-refractivity contribution in [2.45, 2.75) is 13.8 Å². The van der Waals surface area contributed by atoms with Crippen LogP contribution < -0.4 is 5.32 Å². The van der Waals surface area contributed by atoms with Crippen LogP contribution in [0.3, 0.4) is 0 Å². The number of nitrogens with zero attached hydrogens (tertiary/aromatic N) is 1. The molecule has 0 saturated heterocycles. The maximum atomic E-state index is 9.41. The number of aromatic amines is 1. The molecule has 0 aliphatic rings. The molecule has 4 nitrogen and oxygen atoms in total. The fourth-order valence-corrected chi connectivity index (χ4v) is 2.85. The predicted molar refractivity (Wildman–Crippen MR) is 82.8 cm³/mol. The van der Waals surface area contributed by atoms with Crippen molar-refractivity contribution in [1.82, 2.24) is 10.2 Å². The lowest BCUT2D eigenvalue weighted by Crippen LogP contribution is -1.92. The number of H-pyrrole nitrogens is 1. The first-order valence-corrected chi connectivity index (χ1v) is 7.12. The van der Waals surface area contributed by atoms with E-state index in [0.29, 0.717) is 0 Å². The van der Waals surface area contributed by atoms with E-state index in [1.807, 2.05) is 19.1 Å².